The lowest BCUT2D eigenvalue weighted by atomic mass is 9.70. The van der Waals surface area contributed by atoms with Crippen LogP contribution in [0.5, 0.6) is 0 Å². The van der Waals surface area contributed by atoms with E-state index in [1.54, 1.807) is 0 Å². The molecule has 0 aliphatic heterocycles. The highest BCUT2D eigenvalue weighted by Crippen LogP contribution is 2.39. The molecule has 0 spiro atoms. The molecule has 0 unspecified atom stereocenters. The summed E-state index contributed by atoms with van der Waals surface area (Å²) in [6.45, 7) is 10.9. The number of rotatable bonds is 9. The fourth-order valence-corrected chi connectivity index (χ4v) is 3.86. The first kappa shape index (κ1) is 19.4. The van der Waals surface area contributed by atoms with Crippen LogP contribution in [0.4, 0.5) is 0 Å². The lowest BCUT2D eigenvalue weighted by molar-refractivity contribution is 0.0702. The predicted octanol–water partition coefficient (Wildman–Crippen LogP) is 3.68. The van der Waals surface area contributed by atoms with Gasteiger partial charge in [0.15, 0.2) is 0 Å². The van der Waals surface area contributed by atoms with E-state index < -0.39 is 0 Å². The third-order valence-electron chi connectivity index (χ3n) is 5.44. The monoisotopic (exact) mass is 332 g/mol. The van der Waals surface area contributed by atoms with Crippen molar-refractivity contribution < 1.29 is 5.11 Å². The van der Waals surface area contributed by atoms with E-state index in [9.17, 15) is 5.11 Å². The zero-order valence-electron chi connectivity index (χ0n) is 15.8. The number of aliphatic hydroxyl groups is 1. The maximum Gasteiger partial charge on any atom is 0.0558 e. The Morgan fingerprint density at radius 1 is 1.21 bits per heavy atom. The third-order valence-corrected chi connectivity index (χ3v) is 5.44. The Labute approximate surface area is 148 Å². The normalized spacial score (nSPS) is 24.7. The van der Waals surface area contributed by atoms with Crippen LogP contribution in [0.25, 0.3) is 0 Å². The van der Waals surface area contributed by atoms with Gasteiger partial charge in [-0.05, 0) is 29.7 Å². The number of nitrogens with one attached hydrogen (secondary N) is 1. The molecule has 0 radical (unpaired) electrons. The van der Waals surface area contributed by atoms with Gasteiger partial charge in [0.2, 0.25) is 0 Å². The van der Waals surface area contributed by atoms with Crippen LogP contribution < -0.4 is 5.32 Å². The van der Waals surface area contributed by atoms with Crippen LogP contribution in [0.15, 0.2) is 30.3 Å². The van der Waals surface area contributed by atoms with Gasteiger partial charge in [0.1, 0.15) is 0 Å². The van der Waals surface area contributed by atoms with Gasteiger partial charge in [-0.15, -0.1) is 0 Å². The molecule has 0 bridgehead atoms. The quantitative estimate of drug-likeness (QED) is 0.724. The number of nitrogens with zero attached hydrogens (tertiary/aromatic N) is 1. The van der Waals surface area contributed by atoms with Crippen molar-refractivity contribution in [2.24, 2.45) is 11.3 Å². The van der Waals surface area contributed by atoms with Gasteiger partial charge < -0.3 is 10.4 Å². The van der Waals surface area contributed by atoms with Gasteiger partial charge in [-0.3, -0.25) is 4.90 Å². The highest BCUT2D eigenvalue weighted by Gasteiger charge is 2.35. The van der Waals surface area contributed by atoms with Crippen LogP contribution in [0.1, 0.15) is 52.0 Å². The fraction of sp³-hybridized carbons (Fsp3) is 0.714. The Kier molecular flexibility index (Phi) is 7.73. The number of benzene rings is 1. The van der Waals surface area contributed by atoms with Crippen molar-refractivity contribution in [3.8, 4) is 0 Å². The van der Waals surface area contributed by atoms with Gasteiger partial charge in [0.25, 0.3) is 0 Å². The maximum atomic E-state index is 9.53. The zero-order chi connectivity index (χ0) is 17.4. The summed E-state index contributed by atoms with van der Waals surface area (Å²) in [5, 5.41) is 13.2. The van der Waals surface area contributed by atoms with E-state index in [0.717, 1.165) is 32.1 Å². The second-order valence-electron chi connectivity index (χ2n) is 8.14. The lowest BCUT2D eigenvalue weighted by Gasteiger charge is -2.43. The second kappa shape index (κ2) is 9.55. The molecule has 0 atom stereocenters. The standard InChI is InChI=1S/C21H36N2O/c1-18(2)22-16-21(11-9-19(3)10-12-21)17-23(13-14-24)15-20-7-5-4-6-8-20/h4-8,18-19,22,24H,9-17H2,1-3H3. The molecular formula is C21H36N2O. The van der Waals surface area contributed by atoms with E-state index in [0.29, 0.717) is 11.5 Å². The molecular weight excluding hydrogens is 296 g/mol. The molecule has 136 valence electrons. The summed E-state index contributed by atoms with van der Waals surface area (Å²) in [4.78, 5) is 2.45. The third kappa shape index (κ3) is 6.19. The van der Waals surface area contributed by atoms with Crippen LogP contribution >= 0.6 is 0 Å². The predicted molar refractivity (Wildman–Crippen MR) is 102 cm³/mol. The van der Waals surface area contributed by atoms with E-state index in [2.05, 4.69) is 61.3 Å². The molecule has 0 aromatic heterocycles. The summed E-state index contributed by atoms with van der Waals surface area (Å²) in [5.74, 6) is 0.859. The molecule has 2 rings (SSSR count). The molecule has 1 aromatic rings. The largest absolute Gasteiger partial charge is 0.395 e. The van der Waals surface area contributed by atoms with E-state index in [1.807, 2.05) is 0 Å². The topological polar surface area (TPSA) is 35.5 Å². The summed E-state index contributed by atoms with van der Waals surface area (Å²) < 4.78 is 0. The van der Waals surface area contributed by atoms with E-state index in [4.69, 9.17) is 0 Å². The molecule has 1 saturated carbocycles. The van der Waals surface area contributed by atoms with Gasteiger partial charge >= 0.3 is 0 Å². The van der Waals surface area contributed by atoms with Gasteiger partial charge in [0, 0.05) is 32.2 Å². The second-order valence-corrected chi connectivity index (χ2v) is 8.14. The minimum absolute atomic E-state index is 0.233. The average molecular weight is 333 g/mol. The molecule has 1 aliphatic rings. The van der Waals surface area contributed by atoms with Crippen molar-refractivity contribution >= 4 is 0 Å². The summed E-state index contributed by atoms with van der Waals surface area (Å²) in [6, 6.07) is 11.2. The van der Waals surface area contributed by atoms with Crippen molar-refractivity contribution in [1.82, 2.24) is 10.2 Å². The number of hydrogen-bond acceptors (Lipinski definition) is 3. The van der Waals surface area contributed by atoms with Gasteiger partial charge in [-0.2, -0.15) is 0 Å². The van der Waals surface area contributed by atoms with Gasteiger partial charge in [-0.1, -0.05) is 63.9 Å². The first-order valence-corrected chi connectivity index (χ1v) is 9.63. The summed E-state index contributed by atoms with van der Waals surface area (Å²) >= 11 is 0. The van der Waals surface area contributed by atoms with E-state index in [1.165, 1.54) is 31.2 Å². The van der Waals surface area contributed by atoms with Crippen molar-refractivity contribution in [2.45, 2.75) is 59.0 Å². The first-order valence-electron chi connectivity index (χ1n) is 9.63. The molecule has 24 heavy (non-hydrogen) atoms. The van der Waals surface area contributed by atoms with Gasteiger partial charge in [-0.25, -0.2) is 0 Å². The minimum Gasteiger partial charge on any atom is -0.395 e. The van der Waals surface area contributed by atoms with Crippen molar-refractivity contribution in [1.29, 1.82) is 0 Å². The van der Waals surface area contributed by atoms with Crippen LogP contribution in [0.3, 0.4) is 0 Å². The van der Waals surface area contributed by atoms with Crippen LogP contribution in [0, 0.1) is 11.3 Å². The zero-order valence-corrected chi connectivity index (χ0v) is 15.8. The maximum absolute atomic E-state index is 9.53. The molecule has 3 nitrogen and oxygen atoms in total. The summed E-state index contributed by atoms with van der Waals surface area (Å²) in [6.07, 6.45) is 5.26. The van der Waals surface area contributed by atoms with E-state index in [-0.39, 0.29) is 6.61 Å². The summed E-state index contributed by atoms with van der Waals surface area (Å²) in [5.41, 5.74) is 1.68. The van der Waals surface area contributed by atoms with Crippen LogP contribution in [0.2, 0.25) is 0 Å². The van der Waals surface area contributed by atoms with Crippen molar-refractivity contribution in [3.63, 3.8) is 0 Å². The molecule has 0 amide bonds. The Hall–Kier alpha value is -0.900. The Morgan fingerprint density at radius 2 is 1.88 bits per heavy atom. The minimum atomic E-state index is 0.233. The molecule has 1 aliphatic carbocycles. The molecule has 2 N–H and O–H groups in total. The fourth-order valence-electron chi connectivity index (χ4n) is 3.86. The molecule has 0 saturated heterocycles. The number of aliphatic hydroxyl groups excluding tert-OH is 1. The van der Waals surface area contributed by atoms with Crippen molar-refractivity contribution in [2.75, 3.05) is 26.2 Å². The Bertz CT molecular complexity index is 452. The van der Waals surface area contributed by atoms with E-state index >= 15 is 0 Å². The lowest BCUT2D eigenvalue weighted by Crippen LogP contribution is -2.47. The first-order chi connectivity index (χ1) is 11.5. The van der Waals surface area contributed by atoms with Gasteiger partial charge in [0.05, 0.1) is 6.61 Å². The molecule has 3 heteroatoms. The molecule has 1 fully saturated rings. The summed E-state index contributed by atoms with van der Waals surface area (Å²) in [7, 11) is 0. The Morgan fingerprint density at radius 3 is 2.46 bits per heavy atom. The Balaban J connectivity index is 2.05. The number of hydrogen-bond donors (Lipinski definition) is 2. The average Bonchev–Trinajstić information content (AvgIpc) is 2.57. The smallest absolute Gasteiger partial charge is 0.0558 e. The molecule has 1 aromatic carbocycles. The SMILES string of the molecule is CC1CCC(CNC(C)C)(CN(CCO)Cc2ccccc2)CC1. The van der Waals surface area contributed by atoms with Crippen molar-refractivity contribution in [3.05, 3.63) is 35.9 Å². The highest BCUT2D eigenvalue weighted by molar-refractivity contribution is 5.14. The highest BCUT2D eigenvalue weighted by atomic mass is 16.3. The van der Waals surface area contributed by atoms with Crippen LogP contribution in [-0.4, -0.2) is 42.3 Å². The molecule has 0 heterocycles. The van der Waals surface area contributed by atoms with Crippen LogP contribution in [-0.2, 0) is 6.54 Å².